The Labute approximate surface area is 112 Å². The second-order valence-corrected chi connectivity index (χ2v) is 4.65. The summed E-state index contributed by atoms with van der Waals surface area (Å²) in [5.41, 5.74) is 5.41. The number of hydrogen-bond donors (Lipinski definition) is 2. The summed E-state index contributed by atoms with van der Waals surface area (Å²) in [6.45, 7) is 4.21. The van der Waals surface area contributed by atoms with E-state index < -0.39 is 17.2 Å². The Kier molecular flexibility index (Phi) is 5.42. The van der Waals surface area contributed by atoms with E-state index in [0.717, 1.165) is 12.1 Å². The summed E-state index contributed by atoms with van der Waals surface area (Å²) in [6.07, 6.45) is 1.29. The topological polar surface area (TPSA) is 55.1 Å². The van der Waals surface area contributed by atoms with Gasteiger partial charge in [-0.25, -0.2) is 8.78 Å². The van der Waals surface area contributed by atoms with Gasteiger partial charge < -0.3 is 11.1 Å². The van der Waals surface area contributed by atoms with Crippen molar-refractivity contribution in [2.45, 2.75) is 38.6 Å². The fraction of sp³-hybridized carbons (Fsp3) is 0.500. The SMILES string of the molecule is CCC(CC)(CN)NC(=O)Cc1ccc(F)cc1F. The summed E-state index contributed by atoms with van der Waals surface area (Å²) in [5.74, 6) is -1.67. The van der Waals surface area contributed by atoms with Gasteiger partial charge in [-0.15, -0.1) is 0 Å². The average Bonchev–Trinajstić information content (AvgIpc) is 2.39. The largest absolute Gasteiger partial charge is 0.349 e. The zero-order valence-electron chi connectivity index (χ0n) is 11.3. The van der Waals surface area contributed by atoms with Crippen molar-refractivity contribution >= 4 is 5.91 Å². The first-order valence-electron chi connectivity index (χ1n) is 6.41. The number of nitrogens with one attached hydrogen (secondary N) is 1. The molecule has 5 heteroatoms. The van der Waals surface area contributed by atoms with Crippen LogP contribution in [0.1, 0.15) is 32.3 Å². The third kappa shape index (κ3) is 3.99. The van der Waals surface area contributed by atoms with Gasteiger partial charge in [-0.3, -0.25) is 4.79 Å². The van der Waals surface area contributed by atoms with E-state index >= 15 is 0 Å². The van der Waals surface area contributed by atoms with Gasteiger partial charge in [0.05, 0.1) is 12.0 Å². The van der Waals surface area contributed by atoms with Gasteiger partial charge in [0.25, 0.3) is 0 Å². The van der Waals surface area contributed by atoms with Gasteiger partial charge in [-0.05, 0) is 24.5 Å². The zero-order valence-corrected chi connectivity index (χ0v) is 11.3. The highest BCUT2D eigenvalue weighted by molar-refractivity contribution is 5.79. The van der Waals surface area contributed by atoms with Crippen LogP contribution in [0.3, 0.4) is 0 Å². The molecule has 3 nitrogen and oxygen atoms in total. The maximum absolute atomic E-state index is 13.4. The van der Waals surface area contributed by atoms with Crippen LogP contribution in [-0.4, -0.2) is 18.0 Å². The van der Waals surface area contributed by atoms with E-state index in [0.29, 0.717) is 19.4 Å². The van der Waals surface area contributed by atoms with E-state index in [1.165, 1.54) is 6.07 Å². The van der Waals surface area contributed by atoms with E-state index in [9.17, 15) is 13.6 Å². The lowest BCUT2D eigenvalue weighted by Gasteiger charge is -2.31. The summed E-state index contributed by atoms with van der Waals surface area (Å²) in [5, 5.41) is 2.85. The fourth-order valence-corrected chi connectivity index (χ4v) is 1.94. The molecule has 3 N–H and O–H groups in total. The molecule has 0 aromatic heterocycles. The number of nitrogens with two attached hydrogens (primary N) is 1. The molecule has 1 aromatic rings. The van der Waals surface area contributed by atoms with Gasteiger partial charge in [0.15, 0.2) is 0 Å². The third-order valence-corrected chi connectivity index (χ3v) is 3.51. The van der Waals surface area contributed by atoms with Crippen LogP contribution in [0.15, 0.2) is 18.2 Å². The second-order valence-electron chi connectivity index (χ2n) is 4.65. The third-order valence-electron chi connectivity index (χ3n) is 3.51. The molecule has 1 aromatic carbocycles. The lowest BCUT2D eigenvalue weighted by atomic mass is 9.92. The van der Waals surface area contributed by atoms with Crippen LogP contribution in [0.2, 0.25) is 0 Å². The molecule has 106 valence electrons. The van der Waals surface area contributed by atoms with Gasteiger partial charge in [0.2, 0.25) is 5.91 Å². The molecule has 0 saturated carbocycles. The van der Waals surface area contributed by atoms with Gasteiger partial charge in [0.1, 0.15) is 11.6 Å². The molecule has 0 atom stereocenters. The van der Waals surface area contributed by atoms with Gasteiger partial charge in [-0.1, -0.05) is 19.9 Å². The van der Waals surface area contributed by atoms with Crippen LogP contribution < -0.4 is 11.1 Å². The molecule has 0 spiro atoms. The minimum atomic E-state index is -0.707. The van der Waals surface area contributed by atoms with E-state index in [-0.39, 0.29) is 17.9 Å². The zero-order chi connectivity index (χ0) is 14.5. The van der Waals surface area contributed by atoms with Crippen molar-refractivity contribution in [2.75, 3.05) is 6.54 Å². The van der Waals surface area contributed by atoms with Crippen molar-refractivity contribution in [3.8, 4) is 0 Å². The maximum Gasteiger partial charge on any atom is 0.225 e. The maximum atomic E-state index is 13.4. The number of carbonyl (C=O) groups excluding carboxylic acids is 1. The Balaban J connectivity index is 2.74. The number of hydrogen-bond acceptors (Lipinski definition) is 2. The normalized spacial score (nSPS) is 11.4. The standard InChI is InChI=1S/C14H20F2N2O/c1-3-14(4-2,9-17)18-13(19)7-10-5-6-11(15)8-12(10)16/h5-6,8H,3-4,7,9,17H2,1-2H3,(H,18,19). The van der Waals surface area contributed by atoms with Crippen LogP contribution in [0, 0.1) is 11.6 Å². The predicted octanol–water partition coefficient (Wildman–Crippen LogP) is 2.14. The first kappa shape index (κ1) is 15.6. The molecule has 1 rings (SSSR count). The first-order chi connectivity index (χ1) is 8.96. The van der Waals surface area contributed by atoms with Crippen molar-refractivity contribution in [1.29, 1.82) is 0 Å². The number of amides is 1. The monoisotopic (exact) mass is 270 g/mol. The minimum Gasteiger partial charge on any atom is -0.349 e. The minimum absolute atomic E-state index is 0.117. The lowest BCUT2D eigenvalue weighted by molar-refractivity contribution is -0.122. The molecule has 0 aliphatic carbocycles. The summed E-state index contributed by atoms with van der Waals surface area (Å²) in [6, 6.07) is 3.20. The number of carbonyl (C=O) groups is 1. The van der Waals surface area contributed by atoms with Crippen molar-refractivity contribution in [1.82, 2.24) is 5.32 Å². The van der Waals surface area contributed by atoms with E-state index in [2.05, 4.69) is 5.32 Å². The summed E-state index contributed by atoms with van der Waals surface area (Å²) in [4.78, 5) is 11.9. The van der Waals surface area contributed by atoms with Crippen LogP contribution in [0.5, 0.6) is 0 Å². The molecule has 0 heterocycles. The number of rotatable bonds is 6. The van der Waals surface area contributed by atoms with Crippen molar-refractivity contribution in [3.63, 3.8) is 0 Å². The molecule has 0 aliphatic rings. The van der Waals surface area contributed by atoms with Gasteiger partial charge in [-0.2, -0.15) is 0 Å². The van der Waals surface area contributed by atoms with Crippen LogP contribution in [0.4, 0.5) is 8.78 Å². The Morgan fingerprint density at radius 3 is 2.42 bits per heavy atom. The Morgan fingerprint density at radius 1 is 1.32 bits per heavy atom. The highest BCUT2D eigenvalue weighted by Crippen LogP contribution is 2.15. The van der Waals surface area contributed by atoms with Gasteiger partial charge >= 0.3 is 0 Å². The summed E-state index contributed by atoms with van der Waals surface area (Å²) in [7, 11) is 0. The van der Waals surface area contributed by atoms with Crippen molar-refractivity contribution < 1.29 is 13.6 Å². The van der Waals surface area contributed by atoms with E-state index in [1.807, 2.05) is 13.8 Å². The molecule has 0 fully saturated rings. The fourth-order valence-electron chi connectivity index (χ4n) is 1.94. The van der Waals surface area contributed by atoms with Crippen LogP contribution >= 0.6 is 0 Å². The van der Waals surface area contributed by atoms with Crippen molar-refractivity contribution in [3.05, 3.63) is 35.4 Å². The highest BCUT2D eigenvalue weighted by atomic mass is 19.1. The predicted molar refractivity (Wildman–Crippen MR) is 70.6 cm³/mol. The highest BCUT2D eigenvalue weighted by Gasteiger charge is 2.26. The van der Waals surface area contributed by atoms with Crippen LogP contribution in [0.25, 0.3) is 0 Å². The lowest BCUT2D eigenvalue weighted by Crippen LogP contribution is -2.53. The quantitative estimate of drug-likeness (QED) is 0.832. The van der Waals surface area contributed by atoms with Crippen molar-refractivity contribution in [2.24, 2.45) is 5.73 Å². The molecule has 0 bridgehead atoms. The summed E-state index contributed by atoms with van der Waals surface area (Å²) < 4.78 is 26.2. The van der Waals surface area contributed by atoms with Gasteiger partial charge in [0, 0.05) is 12.6 Å². The Morgan fingerprint density at radius 2 is 1.95 bits per heavy atom. The second kappa shape index (κ2) is 6.61. The van der Waals surface area contributed by atoms with E-state index in [4.69, 9.17) is 5.73 Å². The smallest absolute Gasteiger partial charge is 0.225 e. The number of halogens is 2. The molecule has 0 aliphatic heterocycles. The molecular weight excluding hydrogens is 250 g/mol. The molecule has 0 saturated heterocycles. The molecule has 0 radical (unpaired) electrons. The van der Waals surface area contributed by atoms with E-state index in [1.54, 1.807) is 0 Å². The summed E-state index contributed by atoms with van der Waals surface area (Å²) >= 11 is 0. The molecule has 0 unspecified atom stereocenters. The number of benzene rings is 1. The molecule has 19 heavy (non-hydrogen) atoms. The first-order valence-corrected chi connectivity index (χ1v) is 6.41. The Bertz CT molecular complexity index is 437. The van der Waals surface area contributed by atoms with Crippen LogP contribution in [-0.2, 0) is 11.2 Å². The molecule has 1 amide bonds. The average molecular weight is 270 g/mol. The Hall–Kier alpha value is -1.49. The molecular formula is C14H20F2N2O.